The molecule has 37 heavy (non-hydrogen) atoms. The summed E-state index contributed by atoms with van der Waals surface area (Å²) in [6.45, 7) is 11.3. The third kappa shape index (κ3) is 6.46. The fourth-order valence-electron chi connectivity index (χ4n) is 4.19. The zero-order chi connectivity index (χ0) is 27.5. The van der Waals surface area contributed by atoms with E-state index < -0.39 is 22.5 Å². The molecule has 0 unspecified atom stereocenters. The van der Waals surface area contributed by atoms with Crippen LogP contribution in [0.2, 0.25) is 5.02 Å². The molecule has 0 saturated carbocycles. The van der Waals surface area contributed by atoms with Crippen molar-refractivity contribution in [1.29, 1.82) is 0 Å². The summed E-state index contributed by atoms with van der Waals surface area (Å²) >= 11 is 6.33. The number of rotatable bonds is 9. The van der Waals surface area contributed by atoms with Gasteiger partial charge in [0.15, 0.2) is 0 Å². The van der Waals surface area contributed by atoms with Gasteiger partial charge in [-0.15, -0.1) is 0 Å². The van der Waals surface area contributed by atoms with Crippen LogP contribution in [0, 0.1) is 20.8 Å². The van der Waals surface area contributed by atoms with Crippen LogP contribution in [0.3, 0.4) is 0 Å². The fourth-order valence-corrected chi connectivity index (χ4v) is 5.78. The second kappa shape index (κ2) is 11.6. The van der Waals surface area contributed by atoms with Gasteiger partial charge in [0.1, 0.15) is 12.3 Å². The summed E-state index contributed by atoms with van der Waals surface area (Å²) in [6, 6.07) is 15.2. The van der Waals surface area contributed by atoms with E-state index in [0.717, 1.165) is 37.9 Å². The van der Waals surface area contributed by atoms with Gasteiger partial charge in [-0.1, -0.05) is 49.2 Å². The first-order chi connectivity index (χ1) is 17.3. The van der Waals surface area contributed by atoms with Crippen LogP contribution in [0.25, 0.3) is 0 Å². The average molecular weight is 543 g/mol. The third-order valence-corrected chi connectivity index (χ3v) is 8.62. The molecule has 8 heteroatoms. The lowest BCUT2D eigenvalue weighted by Crippen LogP contribution is -2.41. The maximum atomic E-state index is 13.7. The van der Waals surface area contributed by atoms with Crippen LogP contribution in [0.15, 0.2) is 59.5 Å². The Morgan fingerprint density at radius 3 is 2.16 bits per heavy atom. The van der Waals surface area contributed by atoms with Crippen molar-refractivity contribution in [1.82, 2.24) is 5.32 Å². The zero-order valence-electron chi connectivity index (χ0n) is 22.4. The molecule has 1 N–H and O–H groups in total. The van der Waals surface area contributed by atoms with Crippen molar-refractivity contribution < 1.29 is 17.9 Å². The third-order valence-electron chi connectivity index (χ3n) is 6.42. The van der Waals surface area contributed by atoms with Crippen LogP contribution in [-0.4, -0.2) is 28.0 Å². The summed E-state index contributed by atoms with van der Waals surface area (Å²) in [7, 11) is -2.39. The van der Waals surface area contributed by atoms with Gasteiger partial charge < -0.3 is 10.1 Å². The largest absolute Gasteiger partial charge is 0.496 e. The minimum absolute atomic E-state index is 0.100. The number of hydrogen-bond donors (Lipinski definition) is 1. The van der Waals surface area contributed by atoms with E-state index in [2.05, 4.69) is 19.2 Å². The maximum Gasteiger partial charge on any atom is 0.264 e. The number of sulfonamides is 1. The van der Waals surface area contributed by atoms with Crippen LogP contribution in [0.1, 0.15) is 60.5 Å². The van der Waals surface area contributed by atoms with Crippen LogP contribution < -0.4 is 14.4 Å². The number of aryl methyl sites for hydroxylation is 3. The molecule has 0 aliphatic heterocycles. The van der Waals surface area contributed by atoms with Crippen molar-refractivity contribution >= 4 is 33.2 Å². The minimum Gasteiger partial charge on any atom is -0.496 e. The SMILES string of the molecule is COc1cc(C)c([C@@H](C)NC(=O)CN(c2ccc(C)c(Cl)c2)S(=O)(=O)c2ccc(C)cc2)cc1C(C)C. The topological polar surface area (TPSA) is 75.7 Å². The molecule has 0 aliphatic rings. The lowest BCUT2D eigenvalue weighted by Gasteiger charge is -2.26. The molecule has 0 heterocycles. The molecule has 1 amide bonds. The summed E-state index contributed by atoms with van der Waals surface area (Å²) in [5.74, 6) is 0.612. The van der Waals surface area contributed by atoms with Crippen molar-refractivity contribution in [2.75, 3.05) is 18.0 Å². The minimum atomic E-state index is -4.03. The van der Waals surface area contributed by atoms with Gasteiger partial charge in [-0.2, -0.15) is 0 Å². The van der Waals surface area contributed by atoms with E-state index in [-0.39, 0.29) is 16.9 Å². The van der Waals surface area contributed by atoms with Crippen molar-refractivity contribution in [3.8, 4) is 5.75 Å². The molecule has 0 bridgehead atoms. The summed E-state index contributed by atoms with van der Waals surface area (Å²) in [4.78, 5) is 13.4. The fraction of sp³-hybridized carbons (Fsp3) is 0.345. The molecule has 0 fully saturated rings. The molecule has 0 spiro atoms. The van der Waals surface area contributed by atoms with Gasteiger partial charge >= 0.3 is 0 Å². The van der Waals surface area contributed by atoms with E-state index in [1.165, 1.54) is 0 Å². The van der Waals surface area contributed by atoms with E-state index in [1.54, 1.807) is 49.6 Å². The number of carbonyl (C=O) groups excluding carboxylic acids is 1. The van der Waals surface area contributed by atoms with E-state index in [4.69, 9.17) is 16.3 Å². The van der Waals surface area contributed by atoms with Gasteiger partial charge in [-0.25, -0.2) is 8.42 Å². The Balaban J connectivity index is 1.94. The number of nitrogens with one attached hydrogen (secondary N) is 1. The Bertz CT molecular complexity index is 1390. The van der Waals surface area contributed by atoms with Crippen LogP contribution in [0.5, 0.6) is 5.75 Å². The predicted molar refractivity (Wildman–Crippen MR) is 150 cm³/mol. The highest BCUT2D eigenvalue weighted by Gasteiger charge is 2.28. The highest BCUT2D eigenvalue weighted by Crippen LogP contribution is 2.32. The molecule has 3 aromatic carbocycles. The van der Waals surface area contributed by atoms with Gasteiger partial charge in [0.25, 0.3) is 10.0 Å². The molecule has 0 radical (unpaired) electrons. The number of anilines is 1. The number of ether oxygens (including phenoxy) is 1. The first-order valence-electron chi connectivity index (χ1n) is 12.2. The number of benzene rings is 3. The molecule has 3 aromatic rings. The second-order valence-corrected chi connectivity index (χ2v) is 11.9. The second-order valence-electron chi connectivity index (χ2n) is 9.65. The molecule has 0 aromatic heterocycles. The van der Waals surface area contributed by atoms with Crippen LogP contribution in [0.4, 0.5) is 5.69 Å². The first-order valence-corrected chi connectivity index (χ1v) is 14.0. The van der Waals surface area contributed by atoms with E-state index in [1.807, 2.05) is 39.8 Å². The standard InChI is InChI=1S/C29H35ClN2O4S/c1-18(2)25-16-26(21(5)14-28(25)36-7)22(6)31-29(33)17-32(23-11-10-20(4)27(30)15-23)37(34,35)24-12-8-19(3)9-13-24/h8-16,18,22H,17H2,1-7H3,(H,31,33)/t22-/m1/s1. The summed E-state index contributed by atoms with van der Waals surface area (Å²) < 4.78 is 34.0. The number of methoxy groups -OCH3 is 1. The lowest BCUT2D eigenvalue weighted by atomic mass is 9.93. The molecular formula is C29H35ClN2O4S. The number of amides is 1. The quantitative estimate of drug-likeness (QED) is 0.336. The first kappa shape index (κ1) is 28.5. The predicted octanol–water partition coefficient (Wildman–Crippen LogP) is 6.47. The molecular weight excluding hydrogens is 508 g/mol. The summed E-state index contributed by atoms with van der Waals surface area (Å²) in [5.41, 5.74) is 5.04. The van der Waals surface area contributed by atoms with Gasteiger partial charge in [-0.05, 0) is 92.3 Å². The number of halogens is 1. The summed E-state index contributed by atoms with van der Waals surface area (Å²) in [5, 5.41) is 3.40. The van der Waals surface area contributed by atoms with E-state index in [0.29, 0.717) is 10.7 Å². The Hall–Kier alpha value is -3.03. The zero-order valence-corrected chi connectivity index (χ0v) is 24.0. The van der Waals surface area contributed by atoms with Crippen molar-refractivity contribution in [2.24, 2.45) is 0 Å². The molecule has 198 valence electrons. The summed E-state index contributed by atoms with van der Waals surface area (Å²) in [6.07, 6.45) is 0. The Morgan fingerprint density at radius 1 is 0.946 bits per heavy atom. The van der Waals surface area contributed by atoms with E-state index >= 15 is 0 Å². The van der Waals surface area contributed by atoms with Crippen molar-refractivity contribution in [2.45, 2.75) is 58.4 Å². The lowest BCUT2D eigenvalue weighted by molar-refractivity contribution is -0.120. The monoisotopic (exact) mass is 542 g/mol. The molecule has 3 rings (SSSR count). The van der Waals surface area contributed by atoms with Crippen molar-refractivity contribution in [3.05, 3.63) is 87.4 Å². The highest BCUT2D eigenvalue weighted by atomic mass is 35.5. The van der Waals surface area contributed by atoms with Crippen LogP contribution in [-0.2, 0) is 14.8 Å². The van der Waals surface area contributed by atoms with Crippen LogP contribution >= 0.6 is 11.6 Å². The Kier molecular flexibility index (Phi) is 8.92. The molecule has 1 atom stereocenters. The normalized spacial score (nSPS) is 12.4. The van der Waals surface area contributed by atoms with E-state index in [9.17, 15) is 13.2 Å². The Morgan fingerprint density at radius 2 is 1.59 bits per heavy atom. The van der Waals surface area contributed by atoms with Gasteiger partial charge in [0.05, 0.1) is 23.7 Å². The molecule has 0 saturated heterocycles. The van der Waals surface area contributed by atoms with Gasteiger partial charge in [0.2, 0.25) is 5.91 Å². The number of hydrogen-bond acceptors (Lipinski definition) is 4. The maximum absolute atomic E-state index is 13.7. The molecule has 6 nitrogen and oxygen atoms in total. The number of carbonyl (C=O) groups is 1. The smallest absolute Gasteiger partial charge is 0.264 e. The van der Waals surface area contributed by atoms with Crippen molar-refractivity contribution in [3.63, 3.8) is 0 Å². The average Bonchev–Trinajstić information content (AvgIpc) is 2.84. The van der Waals surface area contributed by atoms with Gasteiger partial charge in [0, 0.05) is 5.02 Å². The number of nitrogens with zero attached hydrogens (tertiary/aromatic N) is 1. The Labute approximate surface area is 225 Å². The molecule has 0 aliphatic carbocycles. The highest BCUT2D eigenvalue weighted by molar-refractivity contribution is 7.92. The van der Waals surface area contributed by atoms with Gasteiger partial charge in [-0.3, -0.25) is 9.10 Å².